The molecule has 1 heterocycles. The Labute approximate surface area is 131 Å². The van der Waals surface area contributed by atoms with Crippen LogP contribution in [0.2, 0.25) is 0 Å². The Morgan fingerprint density at radius 2 is 1.96 bits per heavy atom. The number of nitrogens with zero attached hydrogens (tertiary/aromatic N) is 1. The van der Waals surface area contributed by atoms with Crippen LogP contribution in [-0.4, -0.2) is 23.7 Å². The average molecular weight is 324 g/mol. The van der Waals surface area contributed by atoms with E-state index in [2.05, 4.69) is 15.0 Å². The maximum atomic E-state index is 12.3. The molecule has 1 N–H and O–H groups in total. The van der Waals surface area contributed by atoms with Crippen molar-refractivity contribution >= 4 is 11.6 Å². The van der Waals surface area contributed by atoms with Crippen LogP contribution in [0.15, 0.2) is 42.6 Å². The van der Waals surface area contributed by atoms with Crippen LogP contribution in [0.3, 0.4) is 0 Å². The number of amides is 1. The highest BCUT2D eigenvalue weighted by Gasteiger charge is 2.29. The molecule has 0 radical (unpaired) electrons. The highest BCUT2D eigenvalue weighted by molar-refractivity contribution is 6.06. The molecule has 0 saturated heterocycles. The monoisotopic (exact) mass is 324 g/mol. The van der Waals surface area contributed by atoms with Gasteiger partial charge in [-0.15, -0.1) is 0 Å². The second-order valence-corrected chi connectivity index (χ2v) is 4.72. The number of anilines is 1. The van der Waals surface area contributed by atoms with E-state index in [0.29, 0.717) is 12.1 Å². The van der Waals surface area contributed by atoms with E-state index in [-0.39, 0.29) is 11.4 Å². The van der Waals surface area contributed by atoms with Gasteiger partial charge >= 0.3 is 6.18 Å². The Hall–Kier alpha value is -2.57. The Balaban J connectivity index is 2.19. The molecule has 23 heavy (non-hydrogen) atoms. The van der Waals surface area contributed by atoms with Crippen molar-refractivity contribution < 1.29 is 22.7 Å². The average Bonchev–Trinajstić information content (AvgIpc) is 2.53. The molecule has 7 heteroatoms. The Bertz CT molecular complexity index is 687. The van der Waals surface area contributed by atoms with Gasteiger partial charge in [0, 0.05) is 11.9 Å². The first-order valence-electron chi connectivity index (χ1n) is 6.94. The minimum absolute atomic E-state index is 0.0531. The number of alkyl halides is 3. The molecular weight excluding hydrogens is 309 g/mol. The lowest BCUT2D eigenvalue weighted by atomic mass is 10.1. The molecule has 0 fully saturated rings. The van der Waals surface area contributed by atoms with Gasteiger partial charge in [-0.25, -0.2) is 4.98 Å². The van der Waals surface area contributed by atoms with Gasteiger partial charge in [0.2, 0.25) is 5.88 Å². The molecule has 0 aliphatic heterocycles. The number of ether oxygens (including phenoxy) is 1. The Kier molecular flexibility index (Phi) is 5.20. The van der Waals surface area contributed by atoms with Crippen molar-refractivity contribution in [1.82, 2.24) is 4.98 Å². The van der Waals surface area contributed by atoms with E-state index in [1.165, 1.54) is 18.3 Å². The summed E-state index contributed by atoms with van der Waals surface area (Å²) in [6.45, 7) is 0.433. The molecule has 0 aliphatic rings. The molecular formula is C16H15F3N2O2. The highest BCUT2D eigenvalue weighted by Crippen LogP contribution is 2.22. The third-order valence-electron chi connectivity index (χ3n) is 3.03. The number of para-hydroxylation sites is 1. The molecule has 0 spiro atoms. The molecule has 0 unspecified atom stereocenters. The zero-order chi connectivity index (χ0) is 16.9. The molecule has 2 rings (SSSR count). The fourth-order valence-corrected chi connectivity index (χ4v) is 1.97. The van der Waals surface area contributed by atoms with E-state index in [4.69, 9.17) is 0 Å². The normalized spacial score (nSPS) is 11.1. The SMILES string of the molecule is CCc1ccccc1NC(=O)c1cccnc1OCC(F)(F)F. The predicted octanol–water partition coefficient (Wildman–Crippen LogP) is 3.84. The molecule has 1 aromatic heterocycles. The number of hydrogen-bond donors (Lipinski definition) is 1. The van der Waals surface area contributed by atoms with E-state index in [1.807, 2.05) is 19.1 Å². The minimum Gasteiger partial charge on any atom is -0.467 e. The minimum atomic E-state index is -4.50. The molecule has 0 atom stereocenters. The summed E-state index contributed by atoms with van der Waals surface area (Å²) in [6, 6.07) is 10.0. The number of pyridine rings is 1. The number of carbonyl (C=O) groups excluding carboxylic acids is 1. The maximum absolute atomic E-state index is 12.3. The summed E-state index contributed by atoms with van der Waals surface area (Å²) in [6.07, 6.45) is -2.52. The Morgan fingerprint density at radius 1 is 1.22 bits per heavy atom. The van der Waals surface area contributed by atoms with Gasteiger partial charge in [-0.3, -0.25) is 4.79 Å². The number of aromatic nitrogens is 1. The summed E-state index contributed by atoms with van der Waals surface area (Å²) < 4.78 is 41.4. The Morgan fingerprint density at radius 3 is 2.65 bits per heavy atom. The van der Waals surface area contributed by atoms with Crippen molar-refractivity contribution in [3.63, 3.8) is 0 Å². The largest absolute Gasteiger partial charge is 0.467 e. The van der Waals surface area contributed by atoms with Gasteiger partial charge in [-0.1, -0.05) is 25.1 Å². The van der Waals surface area contributed by atoms with Gasteiger partial charge in [0.15, 0.2) is 6.61 Å². The number of aryl methyl sites for hydroxylation is 1. The van der Waals surface area contributed by atoms with E-state index in [1.54, 1.807) is 12.1 Å². The van der Waals surface area contributed by atoms with Gasteiger partial charge in [-0.2, -0.15) is 13.2 Å². The molecule has 1 amide bonds. The van der Waals surface area contributed by atoms with Crippen LogP contribution in [0.25, 0.3) is 0 Å². The summed E-state index contributed by atoms with van der Waals surface area (Å²) in [7, 11) is 0. The van der Waals surface area contributed by atoms with Gasteiger partial charge < -0.3 is 10.1 Å². The lowest BCUT2D eigenvalue weighted by molar-refractivity contribution is -0.154. The van der Waals surface area contributed by atoms with Crippen LogP contribution in [0, 0.1) is 0 Å². The summed E-state index contributed by atoms with van der Waals surface area (Å²) in [4.78, 5) is 16.0. The van der Waals surface area contributed by atoms with E-state index in [9.17, 15) is 18.0 Å². The molecule has 0 saturated carbocycles. The van der Waals surface area contributed by atoms with Crippen molar-refractivity contribution in [1.29, 1.82) is 0 Å². The summed E-state index contributed by atoms with van der Waals surface area (Å²) in [5.74, 6) is -0.924. The molecule has 0 aliphatic carbocycles. The first-order valence-corrected chi connectivity index (χ1v) is 6.94. The lowest BCUT2D eigenvalue weighted by Gasteiger charge is -2.13. The van der Waals surface area contributed by atoms with Crippen molar-refractivity contribution in [3.8, 4) is 5.88 Å². The first kappa shape index (κ1) is 16.8. The highest BCUT2D eigenvalue weighted by atomic mass is 19.4. The molecule has 0 bridgehead atoms. The summed E-state index contributed by atoms with van der Waals surface area (Å²) in [5, 5.41) is 2.68. The van der Waals surface area contributed by atoms with Crippen molar-refractivity contribution in [2.45, 2.75) is 19.5 Å². The third-order valence-corrected chi connectivity index (χ3v) is 3.03. The van der Waals surface area contributed by atoms with Crippen LogP contribution in [0.5, 0.6) is 5.88 Å². The quantitative estimate of drug-likeness (QED) is 0.909. The van der Waals surface area contributed by atoms with Gasteiger partial charge in [0.1, 0.15) is 5.56 Å². The van der Waals surface area contributed by atoms with Crippen LogP contribution in [0.4, 0.5) is 18.9 Å². The number of rotatable bonds is 5. The standard InChI is InChI=1S/C16H15F3N2O2/c1-2-11-6-3-4-8-13(11)21-14(22)12-7-5-9-20-15(12)23-10-16(17,18)19/h3-9H,2,10H2,1H3,(H,21,22). The van der Waals surface area contributed by atoms with Crippen LogP contribution < -0.4 is 10.1 Å². The van der Waals surface area contributed by atoms with Crippen molar-refractivity contribution in [3.05, 3.63) is 53.7 Å². The zero-order valence-electron chi connectivity index (χ0n) is 12.4. The number of benzene rings is 1. The maximum Gasteiger partial charge on any atom is 0.422 e. The van der Waals surface area contributed by atoms with Crippen molar-refractivity contribution in [2.75, 3.05) is 11.9 Å². The van der Waals surface area contributed by atoms with Crippen LogP contribution in [-0.2, 0) is 6.42 Å². The number of nitrogens with one attached hydrogen (secondary N) is 1. The van der Waals surface area contributed by atoms with Crippen LogP contribution in [0.1, 0.15) is 22.8 Å². The van der Waals surface area contributed by atoms with E-state index >= 15 is 0 Å². The zero-order valence-corrected chi connectivity index (χ0v) is 12.4. The topological polar surface area (TPSA) is 51.2 Å². The van der Waals surface area contributed by atoms with Gasteiger partial charge in [-0.05, 0) is 30.2 Å². The lowest BCUT2D eigenvalue weighted by Crippen LogP contribution is -2.22. The third kappa shape index (κ3) is 4.70. The smallest absolute Gasteiger partial charge is 0.422 e. The fraction of sp³-hybridized carbons (Fsp3) is 0.250. The molecule has 1 aromatic carbocycles. The van der Waals surface area contributed by atoms with Gasteiger partial charge in [0.25, 0.3) is 5.91 Å². The summed E-state index contributed by atoms with van der Waals surface area (Å²) in [5.41, 5.74) is 1.47. The summed E-state index contributed by atoms with van der Waals surface area (Å²) >= 11 is 0. The van der Waals surface area contributed by atoms with Crippen LogP contribution >= 0.6 is 0 Å². The second-order valence-electron chi connectivity index (χ2n) is 4.72. The number of hydrogen-bond acceptors (Lipinski definition) is 3. The van der Waals surface area contributed by atoms with Gasteiger partial charge in [0.05, 0.1) is 0 Å². The number of halogens is 3. The fourth-order valence-electron chi connectivity index (χ4n) is 1.97. The number of carbonyl (C=O) groups is 1. The predicted molar refractivity (Wildman–Crippen MR) is 79.6 cm³/mol. The first-order chi connectivity index (χ1) is 10.9. The molecule has 4 nitrogen and oxygen atoms in total. The van der Waals surface area contributed by atoms with Crippen molar-refractivity contribution in [2.24, 2.45) is 0 Å². The molecule has 2 aromatic rings. The van der Waals surface area contributed by atoms with E-state index in [0.717, 1.165) is 5.56 Å². The second kappa shape index (κ2) is 7.13. The molecule has 122 valence electrons. The van der Waals surface area contributed by atoms with E-state index < -0.39 is 18.7 Å².